The van der Waals surface area contributed by atoms with Crippen molar-refractivity contribution in [2.45, 2.75) is 32.1 Å². The number of hydrogen-bond acceptors (Lipinski definition) is 3. The van der Waals surface area contributed by atoms with Gasteiger partial charge < -0.3 is 14.7 Å². The average molecular weight is 364 g/mol. The molecule has 5 nitrogen and oxygen atoms in total. The van der Waals surface area contributed by atoms with Crippen LogP contribution in [0.1, 0.15) is 32.1 Å². The first kappa shape index (κ1) is 18.1. The fraction of sp³-hybridized carbons (Fsp3) is 0.579. The van der Waals surface area contributed by atoms with Gasteiger partial charge in [-0.05, 0) is 31.0 Å². The van der Waals surface area contributed by atoms with E-state index in [9.17, 15) is 9.59 Å². The van der Waals surface area contributed by atoms with Crippen LogP contribution in [0.25, 0.3) is 0 Å². The molecule has 3 rings (SSSR count). The first-order valence-electron chi connectivity index (χ1n) is 9.19. The van der Waals surface area contributed by atoms with Crippen LogP contribution in [0.15, 0.2) is 24.3 Å². The second-order valence-corrected chi connectivity index (χ2v) is 7.26. The second kappa shape index (κ2) is 8.56. The zero-order valence-corrected chi connectivity index (χ0v) is 15.4. The van der Waals surface area contributed by atoms with Crippen LogP contribution in [0, 0.1) is 0 Å². The molecule has 2 amide bonds. The number of likely N-dealkylation sites (tertiary alicyclic amines) is 1. The zero-order chi connectivity index (χ0) is 17.6. The first-order chi connectivity index (χ1) is 12.1. The molecular formula is C19H26ClN3O2. The van der Waals surface area contributed by atoms with Gasteiger partial charge >= 0.3 is 0 Å². The van der Waals surface area contributed by atoms with E-state index < -0.39 is 0 Å². The molecular weight excluding hydrogens is 338 g/mol. The van der Waals surface area contributed by atoms with Crippen LogP contribution >= 0.6 is 11.6 Å². The molecule has 0 bridgehead atoms. The lowest BCUT2D eigenvalue weighted by Gasteiger charge is -2.36. The fourth-order valence-electron chi connectivity index (χ4n) is 3.56. The summed E-state index contributed by atoms with van der Waals surface area (Å²) >= 11 is 6.05. The molecule has 2 saturated heterocycles. The van der Waals surface area contributed by atoms with Crippen molar-refractivity contribution >= 4 is 29.1 Å². The van der Waals surface area contributed by atoms with Crippen LogP contribution in [0.5, 0.6) is 0 Å². The highest BCUT2D eigenvalue weighted by Crippen LogP contribution is 2.21. The van der Waals surface area contributed by atoms with Gasteiger partial charge in [-0.1, -0.05) is 30.5 Å². The summed E-state index contributed by atoms with van der Waals surface area (Å²) in [4.78, 5) is 30.8. The Labute approximate surface area is 154 Å². The molecule has 0 aliphatic carbocycles. The summed E-state index contributed by atoms with van der Waals surface area (Å²) in [5.41, 5.74) is 1.08. The molecule has 2 fully saturated rings. The van der Waals surface area contributed by atoms with E-state index in [-0.39, 0.29) is 18.2 Å². The predicted octanol–water partition coefficient (Wildman–Crippen LogP) is 2.78. The average Bonchev–Trinajstić information content (AvgIpc) is 2.91. The number of nitrogens with zero attached hydrogens (tertiary/aromatic N) is 3. The van der Waals surface area contributed by atoms with E-state index in [1.54, 1.807) is 0 Å². The molecule has 0 saturated carbocycles. The van der Waals surface area contributed by atoms with Crippen molar-refractivity contribution in [1.82, 2.24) is 9.80 Å². The molecule has 2 heterocycles. The van der Waals surface area contributed by atoms with Gasteiger partial charge in [-0.2, -0.15) is 0 Å². The Balaban J connectivity index is 1.48. The number of hydrogen-bond donors (Lipinski definition) is 0. The summed E-state index contributed by atoms with van der Waals surface area (Å²) in [7, 11) is 0. The number of amides is 2. The third-order valence-corrected chi connectivity index (χ3v) is 5.30. The molecule has 2 aliphatic heterocycles. The van der Waals surface area contributed by atoms with Crippen LogP contribution in [-0.4, -0.2) is 60.9 Å². The smallest absolute Gasteiger partial charge is 0.232 e. The summed E-state index contributed by atoms with van der Waals surface area (Å²) in [6.45, 7) is 4.44. The molecule has 6 heteroatoms. The van der Waals surface area contributed by atoms with Gasteiger partial charge in [-0.15, -0.1) is 0 Å². The van der Waals surface area contributed by atoms with Gasteiger partial charge in [0.25, 0.3) is 0 Å². The molecule has 0 N–H and O–H groups in total. The molecule has 2 aliphatic rings. The topological polar surface area (TPSA) is 43.9 Å². The van der Waals surface area contributed by atoms with Gasteiger partial charge in [-0.3, -0.25) is 9.59 Å². The molecule has 0 atom stereocenters. The molecule has 0 radical (unpaired) electrons. The van der Waals surface area contributed by atoms with Crippen molar-refractivity contribution in [1.29, 1.82) is 0 Å². The Kier molecular flexibility index (Phi) is 6.19. The van der Waals surface area contributed by atoms with Crippen molar-refractivity contribution in [2.24, 2.45) is 0 Å². The van der Waals surface area contributed by atoms with E-state index in [0.29, 0.717) is 13.1 Å². The molecule has 0 unspecified atom stereocenters. The highest BCUT2D eigenvalue weighted by Gasteiger charge is 2.25. The second-order valence-electron chi connectivity index (χ2n) is 6.82. The Bertz CT molecular complexity index is 606. The molecule has 1 aromatic carbocycles. The van der Waals surface area contributed by atoms with Crippen LogP contribution in [-0.2, 0) is 9.59 Å². The Morgan fingerprint density at radius 1 is 0.840 bits per heavy atom. The number of carbonyl (C=O) groups excluding carboxylic acids is 2. The lowest BCUT2D eigenvalue weighted by Crippen LogP contribution is -2.49. The fourth-order valence-corrected chi connectivity index (χ4v) is 3.74. The standard InChI is InChI=1S/C19H26ClN3O2/c20-16-6-5-7-17(14-16)21-10-12-23(13-11-21)19(25)15-18(24)22-8-3-1-2-4-9-22/h5-7,14H,1-4,8-13,15H2. The summed E-state index contributed by atoms with van der Waals surface area (Å²) in [5.74, 6) is -0.0517. The maximum absolute atomic E-state index is 12.5. The summed E-state index contributed by atoms with van der Waals surface area (Å²) in [6, 6.07) is 7.78. The number of carbonyl (C=O) groups is 2. The normalized spacial score (nSPS) is 18.8. The van der Waals surface area contributed by atoms with Gasteiger partial charge in [0, 0.05) is 50.0 Å². The van der Waals surface area contributed by atoms with Crippen LogP contribution < -0.4 is 4.90 Å². The molecule has 0 spiro atoms. The Hall–Kier alpha value is -1.75. The Morgan fingerprint density at radius 2 is 1.44 bits per heavy atom. The van der Waals surface area contributed by atoms with E-state index in [1.807, 2.05) is 34.1 Å². The number of halogens is 1. The van der Waals surface area contributed by atoms with Gasteiger partial charge in [0.2, 0.25) is 11.8 Å². The first-order valence-corrected chi connectivity index (χ1v) is 9.57. The summed E-state index contributed by atoms with van der Waals surface area (Å²) in [6.07, 6.45) is 4.49. The van der Waals surface area contributed by atoms with Crippen molar-refractivity contribution < 1.29 is 9.59 Å². The molecule has 0 aromatic heterocycles. The van der Waals surface area contributed by atoms with Crippen LogP contribution in [0.3, 0.4) is 0 Å². The lowest BCUT2D eigenvalue weighted by atomic mass is 10.2. The van der Waals surface area contributed by atoms with E-state index in [2.05, 4.69) is 4.90 Å². The predicted molar refractivity (Wildman–Crippen MR) is 99.9 cm³/mol. The van der Waals surface area contributed by atoms with E-state index in [4.69, 9.17) is 11.6 Å². The molecule has 136 valence electrons. The minimum Gasteiger partial charge on any atom is -0.368 e. The van der Waals surface area contributed by atoms with Crippen molar-refractivity contribution in [2.75, 3.05) is 44.2 Å². The minimum atomic E-state index is -0.0417. The van der Waals surface area contributed by atoms with Crippen molar-refractivity contribution in [3.05, 3.63) is 29.3 Å². The van der Waals surface area contributed by atoms with Gasteiger partial charge in [0.15, 0.2) is 0 Å². The van der Waals surface area contributed by atoms with Gasteiger partial charge in [0.1, 0.15) is 6.42 Å². The third kappa shape index (κ3) is 4.88. The molecule has 1 aromatic rings. The zero-order valence-electron chi connectivity index (χ0n) is 14.6. The van der Waals surface area contributed by atoms with Crippen molar-refractivity contribution in [3.8, 4) is 0 Å². The highest BCUT2D eigenvalue weighted by molar-refractivity contribution is 6.30. The third-order valence-electron chi connectivity index (χ3n) is 5.07. The molecule has 25 heavy (non-hydrogen) atoms. The van der Waals surface area contributed by atoms with Crippen LogP contribution in [0.2, 0.25) is 5.02 Å². The van der Waals surface area contributed by atoms with Gasteiger partial charge in [0.05, 0.1) is 0 Å². The van der Waals surface area contributed by atoms with E-state index in [1.165, 1.54) is 12.8 Å². The quantitative estimate of drug-likeness (QED) is 0.776. The maximum atomic E-state index is 12.5. The summed E-state index contributed by atoms with van der Waals surface area (Å²) in [5, 5.41) is 0.721. The van der Waals surface area contributed by atoms with Gasteiger partial charge in [-0.25, -0.2) is 0 Å². The lowest BCUT2D eigenvalue weighted by molar-refractivity contribution is -0.140. The monoisotopic (exact) mass is 363 g/mol. The van der Waals surface area contributed by atoms with Crippen molar-refractivity contribution in [3.63, 3.8) is 0 Å². The van der Waals surface area contributed by atoms with E-state index in [0.717, 1.165) is 49.7 Å². The number of piperazine rings is 1. The number of anilines is 1. The van der Waals surface area contributed by atoms with Crippen LogP contribution in [0.4, 0.5) is 5.69 Å². The number of benzene rings is 1. The summed E-state index contributed by atoms with van der Waals surface area (Å²) < 4.78 is 0. The van der Waals surface area contributed by atoms with E-state index >= 15 is 0 Å². The SMILES string of the molecule is O=C(CC(=O)N1CCN(c2cccc(Cl)c2)CC1)N1CCCCCC1. The Morgan fingerprint density at radius 3 is 2.04 bits per heavy atom. The highest BCUT2D eigenvalue weighted by atomic mass is 35.5. The minimum absolute atomic E-state index is 0.0100. The maximum Gasteiger partial charge on any atom is 0.232 e. The largest absolute Gasteiger partial charge is 0.368 e. The number of rotatable bonds is 3.